The van der Waals surface area contributed by atoms with Gasteiger partial charge < -0.3 is 20.1 Å². The van der Waals surface area contributed by atoms with Crippen molar-refractivity contribution < 1.29 is 19.1 Å². The third-order valence-corrected chi connectivity index (χ3v) is 6.74. The molecule has 34 heavy (non-hydrogen) atoms. The van der Waals surface area contributed by atoms with Crippen molar-refractivity contribution in [2.75, 3.05) is 23.8 Å². The van der Waals surface area contributed by atoms with Crippen LogP contribution in [0.1, 0.15) is 45.0 Å². The Morgan fingerprint density at radius 3 is 2.44 bits per heavy atom. The van der Waals surface area contributed by atoms with Crippen molar-refractivity contribution in [3.8, 4) is 0 Å². The van der Waals surface area contributed by atoms with Gasteiger partial charge in [-0.1, -0.05) is 23.7 Å². The second kappa shape index (κ2) is 11.8. The molecule has 0 saturated carbocycles. The number of anilines is 2. The van der Waals surface area contributed by atoms with Gasteiger partial charge in [0, 0.05) is 11.2 Å². The summed E-state index contributed by atoms with van der Waals surface area (Å²) in [6.45, 7) is 6.06. The molecule has 0 aliphatic carbocycles. The van der Waals surface area contributed by atoms with E-state index < -0.39 is 11.9 Å². The molecule has 2 heterocycles. The van der Waals surface area contributed by atoms with Crippen molar-refractivity contribution in [3.05, 3.63) is 61.5 Å². The number of thiophene rings is 1. The molecular weight excluding hydrogens is 564 g/mol. The van der Waals surface area contributed by atoms with E-state index in [9.17, 15) is 9.59 Å². The van der Waals surface area contributed by atoms with Gasteiger partial charge >= 0.3 is 11.9 Å². The number of halogens is 2. The molecular formula is C22H22BrClN4O4S2. The Kier molecular flexibility index (Phi) is 9.06. The van der Waals surface area contributed by atoms with Gasteiger partial charge in [-0.2, -0.15) is 5.10 Å². The molecule has 12 heteroatoms. The maximum absolute atomic E-state index is 12.6. The summed E-state index contributed by atoms with van der Waals surface area (Å²) in [4.78, 5) is 25.2. The minimum atomic E-state index is -0.550. The zero-order valence-electron chi connectivity index (χ0n) is 18.6. The van der Waals surface area contributed by atoms with Crippen LogP contribution in [0, 0.1) is 6.92 Å². The van der Waals surface area contributed by atoms with Crippen LogP contribution in [-0.2, 0) is 16.0 Å². The maximum Gasteiger partial charge on any atom is 0.348 e. The second-order valence-corrected chi connectivity index (χ2v) is 9.65. The average molecular weight is 586 g/mol. The highest BCUT2D eigenvalue weighted by Gasteiger charge is 2.27. The van der Waals surface area contributed by atoms with E-state index in [1.807, 2.05) is 30.5 Å². The Hall–Kier alpha value is -2.47. The third kappa shape index (κ3) is 6.35. The van der Waals surface area contributed by atoms with Gasteiger partial charge in [-0.3, -0.25) is 4.68 Å². The number of hydrogen-bond donors (Lipinski definition) is 2. The van der Waals surface area contributed by atoms with Gasteiger partial charge in [0.25, 0.3) is 0 Å². The van der Waals surface area contributed by atoms with Gasteiger partial charge in [0.05, 0.1) is 29.8 Å². The minimum absolute atomic E-state index is 0.194. The zero-order chi connectivity index (χ0) is 24.8. The molecule has 0 aliphatic rings. The van der Waals surface area contributed by atoms with Crippen LogP contribution in [0.5, 0.6) is 0 Å². The summed E-state index contributed by atoms with van der Waals surface area (Å²) in [6, 6.07) is 7.49. The van der Waals surface area contributed by atoms with E-state index >= 15 is 0 Å². The van der Waals surface area contributed by atoms with E-state index in [1.54, 1.807) is 25.5 Å². The molecule has 0 fully saturated rings. The minimum Gasteiger partial charge on any atom is -0.462 e. The topological polar surface area (TPSA) is 94.5 Å². The predicted molar refractivity (Wildman–Crippen MR) is 141 cm³/mol. The number of hydrogen-bond acceptors (Lipinski definition) is 7. The van der Waals surface area contributed by atoms with E-state index in [2.05, 4.69) is 31.7 Å². The smallest absolute Gasteiger partial charge is 0.348 e. The Bertz CT molecular complexity index is 1210. The monoisotopic (exact) mass is 584 g/mol. The summed E-state index contributed by atoms with van der Waals surface area (Å²) in [5, 5.41) is 11.8. The summed E-state index contributed by atoms with van der Waals surface area (Å²) >= 11 is 15.9. The first-order chi connectivity index (χ1) is 16.2. The van der Waals surface area contributed by atoms with Crippen LogP contribution in [0.2, 0.25) is 5.02 Å². The van der Waals surface area contributed by atoms with E-state index in [1.165, 1.54) is 0 Å². The first-order valence-electron chi connectivity index (χ1n) is 10.3. The van der Waals surface area contributed by atoms with Crippen molar-refractivity contribution in [2.45, 2.75) is 27.3 Å². The van der Waals surface area contributed by atoms with Crippen molar-refractivity contribution in [1.29, 1.82) is 0 Å². The summed E-state index contributed by atoms with van der Waals surface area (Å²) in [6.07, 6.45) is 1.82. The molecule has 3 aromatic rings. The number of esters is 2. The van der Waals surface area contributed by atoms with Gasteiger partial charge in [-0.15, -0.1) is 11.3 Å². The van der Waals surface area contributed by atoms with Crippen molar-refractivity contribution in [3.63, 3.8) is 0 Å². The molecule has 8 nitrogen and oxygen atoms in total. The quantitative estimate of drug-likeness (QED) is 0.250. The molecule has 1 aromatic carbocycles. The molecule has 2 N–H and O–H groups in total. The molecule has 0 saturated heterocycles. The highest BCUT2D eigenvalue weighted by atomic mass is 79.9. The average Bonchev–Trinajstić information content (AvgIpc) is 3.28. The van der Waals surface area contributed by atoms with Crippen LogP contribution in [-0.4, -0.2) is 40.0 Å². The predicted octanol–water partition coefficient (Wildman–Crippen LogP) is 5.88. The highest BCUT2D eigenvalue weighted by Crippen LogP contribution is 2.34. The van der Waals surface area contributed by atoms with Crippen LogP contribution in [0.4, 0.5) is 10.8 Å². The van der Waals surface area contributed by atoms with Crippen LogP contribution in [0.25, 0.3) is 0 Å². The maximum atomic E-state index is 12.6. The number of aromatic nitrogens is 2. The largest absolute Gasteiger partial charge is 0.462 e. The standard InChI is InChI=1S/C22H22BrClN4O4S2/c1-4-31-20(29)16-12(3)17(21(30)32-5-2)34-19(16)26-22(33)25-18-15(23)11-28(27-18)10-13-6-8-14(24)9-7-13/h6-9,11H,4-5,10H2,1-3H3,(H2,25,26,27,33). The first kappa shape index (κ1) is 26.1. The Morgan fingerprint density at radius 2 is 1.79 bits per heavy atom. The number of carbonyl (C=O) groups excluding carboxylic acids is 2. The van der Waals surface area contributed by atoms with Crippen molar-refractivity contribution >= 4 is 79.0 Å². The number of nitrogens with one attached hydrogen (secondary N) is 2. The first-order valence-corrected chi connectivity index (χ1v) is 12.7. The number of carbonyl (C=O) groups is 2. The molecule has 0 bridgehead atoms. The second-order valence-electron chi connectivity index (χ2n) is 6.93. The molecule has 0 unspecified atom stereocenters. The van der Waals surface area contributed by atoms with Crippen LogP contribution >= 0.6 is 51.1 Å². The van der Waals surface area contributed by atoms with E-state index in [4.69, 9.17) is 33.3 Å². The fourth-order valence-electron chi connectivity index (χ4n) is 3.02. The molecule has 0 aliphatic heterocycles. The molecule has 180 valence electrons. The lowest BCUT2D eigenvalue weighted by Crippen LogP contribution is -2.21. The van der Waals surface area contributed by atoms with Crippen LogP contribution in [0.3, 0.4) is 0 Å². The van der Waals surface area contributed by atoms with Gasteiger partial charge in [0.2, 0.25) is 0 Å². The normalized spacial score (nSPS) is 10.6. The summed E-state index contributed by atoms with van der Waals surface area (Å²) in [5.74, 6) is -0.570. The fourth-order valence-corrected chi connectivity index (χ4v) is 4.92. The number of ether oxygens (including phenoxy) is 2. The van der Waals surface area contributed by atoms with Crippen LogP contribution in [0.15, 0.2) is 34.9 Å². The SMILES string of the molecule is CCOC(=O)c1sc(NC(=S)Nc2nn(Cc3ccc(Cl)cc3)cc2Br)c(C(=O)OCC)c1C. The fraction of sp³-hybridized carbons (Fsp3) is 0.273. The van der Waals surface area contributed by atoms with Crippen molar-refractivity contribution in [2.24, 2.45) is 0 Å². The Labute approximate surface area is 219 Å². The van der Waals surface area contributed by atoms with E-state index in [0.29, 0.717) is 37.3 Å². The third-order valence-electron chi connectivity index (χ3n) is 4.52. The zero-order valence-corrected chi connectivity index (χ0v) is 22.6. The number of benzene rings is 1. The van der Waals surface area contributed by atoms with E-state index in [-0.39, 0.29) is 23.9 Å². The number of nitrogens with zero attached hydrogens (tertiary/aromatic N) is 2. The van der Waals surface area contributed by atoms with Gasteiger partial charge in [-0.25, -0.2) is 9.59 Å². The Balaban J connectivity index is 1.78. The molecule has 0 amide bonds. The number of rotatable bonds is 8. The summed E-state index contributed by atoms with van der Waals surface area (Å²) in [7, 11) is 0. The summed E-state index contributed by atoms with van der Waals surface area (Å²) < 4.78 is 12.7. The van der Waals surface area contributed by atoms with Crippen LogP contribution < -0.4 is 10.6 Å². The molecule has 0 atom stereocenters. The van der Waals surface area contributed by atoms with Gasteiger partial charge in [-0.05, 0) is 72.2 Å². The Morgan fingerprint density at radius 1 is 1.15 bits per heavy atom. The lowest BCUT2D eigenvalue weighted by atomic mass is 10.1. The van der Waals surface area contributed by atoms with E-state index in [0.717, 1.165) is 16.9 Å². The number of thiocarbonyl (C=S) groups is 1. The molecule has 3 rings (SSSR count). The highest BCUT2D eigenvalue weighted by molar-refractivity contribution is 9.10. The lowest BCUT2D eigenvalue weighted by Gasteiger charge is -2.10. The van der Waals surface area contributed by atoms with Gasteiger partial charge in [0.1, 0.15) is 9.88 Å². The molecule has 2 aromatic heterocycles. The lowest BCUT2D eigenvalue weighted by molar-refractivity contribution is 0.0527. The molecule has 0 radical (unpaired) electrons. The van der Waals surface area contributed by atoms with Crippen molar-refractivity contribution in [1.82, 2.24) is 9.78 Å². The van der Waals surface area contributed by atoms with Gasteiger partial charge in [0.15, 0.2) is 10.9 Å². The molecule has 0 spiro atoms. The summed E-state index contributed by atoms with van der Waals surface area (Å²) in [5.41, 5.74) is 1.75.